The summed E-state index contributed by atoms with van der Waals surface area (Å²) in [4.78, 5) is 37.4. The molecule has 1 fully saturated rings. The molecule has 6 nitrogen and oxygen atoms in total. The van der Waals surface area contributed by atoms with Crippen molar-refractivity contribution < 1.29 is 19.1 Å². The summed E-state index contributed by atoms with van der Waals surface area (Å²) in [6, 6.07) is 14.7. The molecule has 7 heteroatoms. The maximum atomic E-state index is 12.5. The Morgan fingerprint density at radius 3 is 2.48 bits per heavy atom. The number of nitrogens with one attached hydrogen (secondary N) is 2. The van der Waals surface area contributed by atoms with Crippen molar-refractivity contribution in [2.75, 3.05) is 11.1 Å². The van der Waals surface area contributed by atoms with E-state index in [1.807, 2.05) is 31.2 Å². The number of hydrogen-bond donors (Lipinski definition) is 2. The third-order valence-electron chi connectivity index (χ3n) is 4.38. The molecule has 152 valence electrons. The molecule has 2 N–H and O–H groups in total. The fourth-order valence-electron chi connectivity index (χ4n) is 2.56. The van der Waals surface area contributed by atoms with Crippen molar-refractivity contribution in [1.82, 2.24) is 5.32 Å². The zero-order chi connectivity index (χ0) is 20.8. The molecule has 0 saturated heterocycles. The Bertz CT molecular complexity index is 894. The second kappa shape index (κ2) is 9.60. The maximum absolute atomic E-state index is 12.5. The van der Waals surface area contributed by atoms with E-state index in [-0.39, 0.29) is 23.6 Å². The molecule has 0 aliphatic heterocycles. The Morgan fingerprint density at radius 2 is 1.79 bits per heavy atom. The summed E-state index contributed by atoms with van der Waals surface area (Å²) in [5, 5.41) is 5.65. The number of ether oxygens (including phenoxy) is 1. The van der Waals surface area contributed by atoms with E-state index < -0.39 is 12.1 Å². The Morgan fingerprint density at radius 1 is 1.10 bits per heavy atom. The number of esters is 1. The molecule has 2 aromatic rings. The van der Waals surface area contributed by atoms with Gasteiger partial charge < -0.3 is 15.4 Å². The van der Waals surface area contributed by atoms with Gasteiger partial charge in [0.15, 0.2) is 6.10 Å². The average Bonchev–Trinajstić information content (AvgIpc) is 3.52. The van der Waals surface area contributed by atoms with Crippen molar-refractivity contribution in [1.29, 1.82) is 0 Å². The number of aryl methyl sites for hydroxylation is 1. The first-order chi connectivity index (χ1) is 13.9. The molecule has 2 amide bonds. The number of rotatable bonds is 8. The third kappa shape index (κ3) is 6.35. The lowest BCUT2D eigenvalue weighted by Crippen LogP contribution is -2.37. The van der Waals surface area contributed by atoms with Gasteiger partial charge in [0.05, 0.1) is 11.3 Å². The highest BCUT2D eigenvalue weighted by molar-refractivity contribution is 8.00. The molecule has 3 rings (SSSR count). The molecule has 1 aliphatic carbocycles. The molecule has 29 heavy (non-hydrogen) atoms. The Balaban J connectivity index is 1.56. The number of carbonyl (C=O) groups is 3. The molecule has 0 spiro atoms. The van der Waals surface area contributed by atoms with Gasteiger partial charge in [-0.2, -0.15) is 0 Å². The van der Waals surface area contributed by atoms with Crippen LogP contribution >= 0.6 is 11.8 Å². The molecule has 1 atom stereocenters. The summed E-state index contributed by atoms with van der Waals surface area (Å²) in [5.74, 6) is -0.885. The van der Waals surface area contributed by atoms with Crippen LogP contribution in [0.5, 0.6) is 0 Å². The van der Waals surface area contributed by atoms with Crippen LogP contribution in [0, 0.1) is 6.92 Å². The van der Waals surface area contributed by atoms with E-state index in [0.29, 0.717) is 10.5 Å². The number of carbonyl (C=O) groups excluding carboxylic acids is 3. The predicted octanol–water partition coefficient (Wildman–Crippen LogP) is 3.55. The monoisotopic (exact) mass is 412 g/mol. The smallest absolute Gasteiger partial charge is 0.340 e. The minimum Gasteiger partial charge on any atom is -0.449 e. The van der Waals surface area contributed by atoms with Crippen LogP contribution in [0.4, 0.5) is 5.69 Å². The molecule has 0 aromatic heterocycles. The standard InChI is InChI=1S/C22H24N2O4S/c1-14-7-9-16(10-8-14)23-20(25)13-29-19-6-4-3-5-18(19)22(27)28-15(2)21(26)24-17-11-12-17/h3-10,15,17H,11-13H2,1-2H3,(H,23,25)(H,24,26)/t15-/m1/s1. The fraction of sp³-hybridized carbons (Fsp3) is 0.318. The largest absolute Gasteiger partial charge is 0.449 e. The lowest BCUT2D eigenvalue weighted by Gasteiger charge is -2.14. The quantitative estimate of drug-likeness (QED) is 0.512. The van der Waals surface area contributed by atoms with Crippen LogP contribution in [0.15, 0.2) is 53.4 Å². The number of thioether (sulfide) groups is 1. The minimum absolute atomic E-state index is 0.149. The fourth-order valence-corrected chi connectivity index (χ4v) is 3.40. The van der Waals surface area contributed by atoms with Crippen molar-refractivity contribution in [3.63, 3.8) is 0 Å². The van der Waals surface area contributed by atoms with Gasteiger partial charge in [-0.3, -0.25) is 9.59 Å². The van der Waals surface area contributed by atoms with Gasteiger partial charge in [0.2, 0.25) is 5.91 Å². The third-order valence-corrected chi connectivity index (χ3v) is 5.45. The van der Waals surface area contributed by atoms with E-state index in [4.69, 9.17) is 4.74 Å². The second-order valence-electron chi connectivity index (χ2n) is 7.03. The SMILES string of the molecule is Cc1ccc(NC(=O)CSc2ccccc2C(=O)O[C@H](C)C(=O)NC2CC2)cc1. The lowest BCUT2D eigenvalue weighted by atomic mass is 10.2. The first kappa shape index (κ1) is 20.9. The van der Waals surface area contributed by atoms with Crippen molar-refractivity contribution in [2.45, 2.75) is 43.7 Å². The van der Waals surface area contributed by atoms with Crippen LogP contribution < -0.4 is 10.6 Å². The van der Waals surface area contributed by atoms with E-state index in [0.717, 1.165) is 24.1 Å². The topological polar surface area (TPSA) is 84.5 Å². The van der Waals surface area contributed by atoms with Gasteiger partial charge in [0.25, 0.3) is 5.91 Å². The number of benzene rings is 2. The summed E-state index contributed by atoms with van der Waals surface area (Å²) in [6.45, 7) is 3.54. The molecule has 1 aliphatic rings. The van der Waals surface area contributed by atoms with Crippen LogP contribution in [0.25, 0.3) is 0 Å². The van der Waals surface area contributed by atoms with Gasteiger partial charge in [-0.05, 0) is 51.0 Å². The van der Waals surface area contributed by atoms with Crippen LogP contribution in [-0.4, -0.2) is 35.7 Å². The van der Waals surface area contributed by atoms with E-state index >= 15 is 0 Å². The first-order valence-corrected chi connectivity index (χ1v) is 10.5. The molecule has 0 unspecified atom stereocenters. The van der Waals surface area contributed by atoms with Gasteiger partial charge in [0, 0.05) is 16.6 Å². The van der Waals surface area contributed by atoms with Crippen molar-refractivity contribution >= 4 is 35.2 Å². The van der Waals surface area contributed by atoms with E-state index in [2.05, 4.69) is 10.6 Å². The minimum atomic E-state index is -0.869. The van der Waals surface area contributed by atoms with Crippen molar-refractivity contribution in [3.05, 3.63) is 59.7 Å². The van der Waals surface area contributed by atoms with E-state index in [9.17, 15) is 14.4 Å². The zero-order valence-electron chi connectivity index (χ0n) is 16.4. The van der Waals surface area contributed by atoms with Gasteiger partial charge in [-0.15, -0.1) is 11.8 Å². The molecule has 2 aromatic carbocycles. The summed E-state index contributed by atoms with van der Waals surface area (Å²) < 4.78 is 5.32. The number of hydrogen-bond acceptors (Lipinski definition) is 5. The van der Waals surface area contributed by atoms with Crippen LogP contribution in [0.3, 0.4) is 0 Å². The number of anilines is 1. The van der Waals surface area contributed by atoms with Crippen molar-refractivity contribution in [3.8, 4) is 0 Å². The maximum Gasteiger partial charge on any atom is 0.340 e. The first-order valence-electron chi connectivity index (χ1n) is 9.52. The summed E-state index contributed by atoms with van der Waals surface area (Å²) in [5.41, 5.74) is 2.18. The summed E-state index contributed by atoms with van der Waals surface area (Å²) in [6.07, 6.45) is 1.07. The van der Waals surface area contributed by atoms with E-state index in [1.54, 1.807) is 31.2 Å². The van der Waals surface area contributed by atoms with Crippen LogP contribution in [0.1, 0.15) is 35.7 Å². The highest BCUT2D eigenvalue weighted by Crippen LogP contribution is 2.24. The molecule has 0 bridgehead atoms. The molecule has 0 radical (unpaired) electrons. The molecule has 1 saturated carbocycles. The van der Waals surface area contributed by atoms with Gasteiger partial charge in [0.1, 0.15) is 0 Å². The Hall–Kier alpha value is -2.80. The van der Waals surface area contributed by atoms with Gasteiger partial charge in [-0.25, -0.2) is 4.79 Å². The highest BCUT2D eigenvalue weighted by atomic mass is 32.2. The van der Waals surface area contributed by atoms with Crippen molar-refractivity contribution in [2.24, 2.45) is 0 Å². The molecule has 0 heterocycles. The molecular weight excluding hydrogens is 388 g/mol. The zero-order valence-corrected chi connectivity index (χ0v) is 17.3. The Kier molecular flexibility index (Phi) is 6.93. The van der Waals surface area contributed by atoms with E-state index in [1.165, 1.54) is 11.8 Å². The van der Waals surface area contributed by atoms with Crippen LogP contribution in [0.2, 0.25) is 0 Å². The van der Waals surface area contributed by atoms with Gasteiger partial charge in [-0.1, -0.05) is 29.8 Å². The molecular formula is C22H24N2O4S. The summed E-state index contributed by atoms with van der Waals surface area (Å²) >= 11 is 1.25. The van der Waals surface area contributed by atoms with Gasteiger partial charge >= 0.3 is 5.97 Å². The number of amides is 2. The normalized spacial score (nSPS) is 14.0. The van der Waals surface area contributed by atoms with Crippen LogP contribution in [-0.2, 0) is 14.3 Å². The average molecular weight is 413 g/mol. The second-order valence-corrected chi connectivity index (χ2v) is 8.05. The lowest BCUT2D eigenvalue weighted by molar-refractivity contribution is -0.129. The predicted molar refractivity (Wildman–Crippen MR) is 113 cm³/mol. The Labute approximate surface area is 174 Å². The summed E-state index contributed by atoms with van der Waals surface area (Å²) in [7, 11) is 0. The highest BCUT2D eigenvalue weighted by Gasteiger charge is 2.27.